The SMILES string of the molecule is COC(=O)/C(C=Nc1ccc(F)cc1F)=C(\O)c1cc(F)c(Cl)nc1Cl. The van der Waals surface area contributed by atoms with Crippen LogP contribution < -0.4 is 0 Å². The van der Waals surface area contributed by atoms with Crippen LogP contribution in [0, 0.1) is 17.5 Å². The molecule has 0 saturated carbocycles. The van der Waals surface area contributed by atoms with Crippen LogP contribution in [0.5, 0.6) is 0 Å². The molecule has 2 rings (SSSR count). The Kier molecular flexibility index (Phi) is 6.23. The standard InChI is InChI=1S/C16H9Cl2F3N2O3/c1-26-16(25)9(6-22-12-3-2-7(19)4-10(12)20)13(24)8-5-11(21)15(18)23-14(8)17/h2-6,24H,1H3/b13-9-,22-6?. The molecule has 26 heavy (non-hydrogen) atoms. The van der Waals surface area contributed by atoms with Gasteiger partial charge in [0.2, 0.25) is 0 Å². The van der Waals surface area contributed by atoms with E-state index < -0.39 is 45.1 Å². The minimum Gasteiger partial charge on any atom is -0.506 e. The zero-order valence-corrected chi connectivity index (χ0v) is 14.4. The van der Waals surface area contributed by atoms with E-state index in [1.807, 2.05) is 0 Å². The Bertz CT molecular complexity index is 933. The number of nitrogens with zero attached hydrogens (tertiary/aromatic N) is 2. The van der Waals surface area contributed by atoms with E-state index in [0.717, 1.165) is 31.5 Å². The van der Waals surface area contributed by atoms with Crippen molar-refractivity contribution in [2.24, 2.45) is 4.99 Å². The summed E-state index contributed by atoms with van der Waals surface area (Å²) in [5.74, 6) is -4.70. The lowest BCUT2D eigenvalue weighted by Crippen LogP contribution is -2.09. The van der Waals surface area contributed by atoms with Gasteiger partial charge in [0, 0.05) is 12.3 Å². The quantitative estimate of drug-likeness (QED) is 0.264. The van der Waals surface area contributed by atoms with E-state index in [1.165, 1.54) is 0 Å². The van der Waals surface area contributed by atoms with Crippen molar-refractivity contribution >= 4 is 46.8 Å². The normalized spacial score (nSPS) is 12.2. The number of hydrogen-bond acceptors (Lipinski definition) is 5. The number of methoxy groups -OCH3 is 1. The number of carbonyl (C=O) groups excluding carboxylic acids is 1. The fourth-order valence-corrected chi connectivity index (χ4v) is 2.21. The van der Waals surface area contributed by atoms with Crippen LogP contribution in [0.25, 0.3) is 5.76 Å². The second-order valence-corrected chi connectivity index (χ2v) is 5.42. The molecule has 0 unspecified atom stereocenters. The predicted octanol–water partition coefficient (Wildman–Crippen LogP) is 4.65. The molecule has 0 saturated heterocycles. The van der Waals surface area contributed by atoms with E-state index in [9.17, 15) is 23.1 Å². The van der Waals surface area contributed by atoms with Crippen molar-refractivity contribution in [3.63, 3.8) is 0 Å². The van der Waals surface area contributed by atoms with Crippen LogP contribution in [0.1, 0.15) is 5.56 Å². The van der Waals surface area contributed by atoms with E-state index in [0.29, 0.717) is 6.07 Å². The second kappa shape index (κ2) is 8.20. The van der Waals surface area contributed by atoms with E-state index in [2.05, 4.69) is 14.7 Å². The average Bonchev–Trinajstić information content (AvgIpc) is 2.59. The van der Waals surface area contributed by atoms with Crippen molar-refractivity contribution in [2.45, 2.75) is 0 Å². The van der Waals surface area contributed by atoms with Crippen LogP contribution in [0.3, 0.4) is 0 Å². The van der Waals surface area contributed by atoms with E-state index in [1.54, 1.807) is 0 Å². The number of pyridine rings is 1. The first-order chi connectivity index (χ1) is 12.2. The summed E-state index contributed by atoms with van der Waals surface area (Å²) in [7, 11) is 1.02. The second-order valence-electron chi connectivity index (χ2n) is 4.71. The maximum Gasteiger partial charge on any atom is 0.343 e. The number of carbonyl (C=O) groups is 1. The smallest absolute Gasteiger partial charge is 0.343 e. The van der Waals surface area contributed by atoms with Gasteiger partial charge in [0.05, 0.1) is 18.4 Å². The van der Waals surface area contributed by atoms with Gasteiger partial charge in [-0.1, -0.05) is 23.2 Å². The number of esters is 1. The lowest BCUT2D eigenvalue weighted by molar-refractivity contribution is -0.135. The summed E-state index contributed by atoms with van der Waals surface area (Å²) in [6, 6.07) is 3.31. The topological polar surface area (TPSA) is 71.8 Å². The molecule has 1 aromatic carbocycles. The number of hydrogen-bond donors (Lipinski definition) is 1. The fraction of sp³-hybridized carbons (Fsp3) is 0.0625. The van der Waals surface area contributed by atoms with Gasteiger partial charge in [-0.2, -0.15) is 0 Å². The molecule has 10 heteroatoms. The van der Waals surface area contributed by atoms with Crippen LogP contribution in [0.4, 0.5) is 18.9 Å². The molecule has 0 radical (unpaired) electrons. The summed E-state index contributed by atoms with van der Waals surface area (Å²) in [4.78, 5) is 19.0. The van der Waals surface area contributed by atoms with Gasteiger partial charge in [-0.05, 0) is 18.2 Å². The molecule has 0 aliphatic heterocycles. The molecule has 0 aliphatic carbocycles. The Balaban J connectivity index is 2.56. The summed E-state index contributed by atoms with van der Waals surface area (Å²) >= 11 is 11.3. The number of aliphatic imine (C=N–C) groups is 1. The monoisotopic (exact) mass is 404 g/mol. The van der Waals surface area contributed by atoms with Gasteiger partial charge in [-0.15, -0.1) is 0 Å². The number of benzene rings is 1. The van der Waals surface area contributed by atoms with Crippen molar-refractivity contribution in [2.75, 3.05) is 7.11 Å². The molecular formula is C16H9Cl2F3N2O3. The van der Waals surface area contributed by atoms with Crippen LogP contribution in [0.2, 0.25) is 10.3 Å². The molecule has 0 fully saturated rings. The van der Waals surface area contributed by atoms with Gasteiger partial charge in [-0.3, -0.25) is 4.99 Å². The summed E-state index contributed by atoms with van der Waals surface area (Å²) < 4.78 is 44.6. The van der Waals surface area contributed by atoms with E-state index in [-0.39, 0.29) is 11.3 Å². The maximum absolute atomic E-state index is 13.6. The molecule has 2 aromatic rings. The molecule has 5 nitrogen and oxygen atoms in total. The Morgan fingerprint density at radius 2 is 1.88 bits per heavy atom. The van der Waals surface area contributed by atoms with Crippen molar-refractivity contribution in [3.05, 3.63) is 63.2 Å². The number of halogens is 5. The fourth-order valence-electron chi connectivity index (χ4n) is 1.80. The van der Waals surface area contributed by atoms with Gasteiger partial charge < -0.3 is 9.84 Å². The molecule has 0 aliphatic rings. The first-order valence-electron chi connectivity index (χ1n) is 6.77. The van der Waals surface area contributed by atoms with E-state index in [4.69, 9.17) is 23.2 Å². The largest absolute Gasteiger partial charge is 0.506 e. The first-order valence-corrected chi connectivity index (χ1v) is 7.52. The molecule has 0 bridgehead atoms. The lowest BCUT2D eigenvalue weighted by atomic mass is 10.1. The minimum atomic E-state index is -1.07. The summed E-state index contributed by atoms with van der Waals surface area (Å²) in [6.45, 7) is 0. The highest BCUT2D eigenvalue weighted by Gasteiger charge is 2.20. The Labute approximate surface area is 155 Å². The molecule has 0 amide bonds. The molecule has 136 valence electrons. The summed E-state index contributed by atoms with van der Waals surface area (Å²) in [6.07, 6.45) is 0.764. The lowest BCUT2D eigenvalue weighted by Gasteiger charge is -2.08. The first kappa shape index (κ1) is 19.7. The van der Waals surface area contributed by atoms with Gasteiger partial charge in [0.15, 0.2) is 16.8 Å². The minimum absolute atomic E-state index is 0.313. The molecule has 1 N–H and O–H groups in total. The maximum atomic E-state index is 13.6. The van der Waals surface area contributed by atoms with Crippen molar-refractivity contribution in [1.82, 2.24) is 4.98 Å². The highest BCUT2D eigenvalue weighted by Crippen LogP contribution is 2.27. The highest BCUT2D eigenvalue weighted by molar-refractivity contribution is 6.34. The Morgan fingerprint density at radius 1 is 1.19 bits per heavy atom. The molecule has 0 spiro atoms. The zero-order chi connectivity index (χ0) is 19.4. The summed E-state index contributed by atoms with van der Waals surface area (Å²) in [5.41, 5.74) is -1.24. The number of aliphatic hydroxyl groups excluding tert-OH is 1. The Morgan fingerprint density at radius 3 is 2.50 bits per heavy atom. The summed E-state index contributed by atoms with van der Waals surface area (Å²) in [5, 5.41) is 9.34. The zero-order valence-electron chi connectivity index (χ0n) is 12.9. The van der Waals surface area contributed by atoms with Crippen LogP contribution in [0.15, 0.2) is 34.8 Å². The van der Waals surface area contributed by atoms with Gasteiger partial charge in [0.25, 0.3) is 0 Å². The average molecular weight is 405 g/mol. The van der Waals surface area contributed by atoms with Crippen molar-refractivity contribution in [3.8, 4) is 0 Å². The third-order valence-corrected chi connectivity index (χ3v) is 3.60. The van der Waals surface area contributed by atoms with Crippen LogP contribution >= 0.6 is 23.2 Å². The van der Waals surface area contributed by atoms with Crippen LogP contribution in [-0.2, 0) is 9.53 Å². The third kappa shape index (κ3) is 4.33. The van der Waals surface area contributed by atoms with Gasteiger partial charge in [0.1, 0.15) is 22.3 Å². The van der Waals surface area contributed by atoms with Crippen molar-refractivity contribution in [1.29, 1.82) is 0 Å². The van der Waals surface area contributed by atoms with Crippen molar-refractivity contribution < 1.29 is 27.8 Å². The number of rotatable bonds is 4. The molecule has 1 aromatic heterocycles. The number of aromatic nitrogens is 1. The van der Waals surface area contributed by atoms with Gasteiger partial charge >= 0.3 is 5.97 Å². The van der Waals surface area contributed by atoms with Crippen LogP contribution in [-0.4, -0.2) is 29.4 Å². The highest BCUT2D eigenvalue weighted by atomic mass is 35.5. The van der Waals surface area contributed by atoms with Gasteiger partial charge in [-0.25, -0.2) is 22.9 Å². The third-order valence-electron chi connectivity index (χ3n) is 3.04. The predicted molar refractivity (Wildman–Crippen MR) is 90.3 cm³/mol. The molecular weight excluding hydrogens is 396 g/mol. The van der Waals surface area contributed by atoms with E-state index >= 15 is 0 Å². The number of aliphatic hydroxyl groups is 1. The Hall–Kier alpha value is -2.58. The molecule has 0 atom stereocenters. The number of ether oxygens (including phenoxy) is 1. The molecule has 1 heterocycles.